The summed E-state index contributed by atoms with van der Waals surface area (Å²) in [4.78, 5) is 0. The fourth-order valence-electron chi connectivity index (χ4n) is 0. The molecule has 0 fully saturated rings. The molecule has 0 radical (unpaired) electrons. The van der Waals surface area contributed by atoms with Gasteiger partial charge in [0.25, 0.3) is 0 Å². The minimum absolute atomic E-state index is 0. The van der Waals surface area contributed by atoms with Gasteiger partial charge in [-0.3, -0.25) is 0 Å². The van der Waals surface area contributed by atoms with Gasteiger partial charge in [0.05, 0.1) is 0 Å². The van der Waals surface area contributed by atoms with Crippen LogP contribution < -0.4 is 0 Å². The minimum atomic E-state index is -1.10. The zero-order valence-electron chi connectivity index (χ0n) is 7.69. The Balaban J connectivity index is -0.0000000208. The second-order valence-electron chi connectivity index (χ2n) is 2.39. The Kier molecular flexibility index (Phi) is 12.3. The van der Waals surface area contributed by atoms with Gasteiger partial charge in [0.2, 0.25) is 0 Å². The summed E-state index contributed by atoms with van der Waals surface area (Å²) in [6.07, 6.45) is 5.12. The van der Waals surface area contributed by atoms with Crippen molar-refractivity contribution < 1.29 is 2.85 Å². The summed E-state index contributed by atoms with van der Waals surface area (Å²) >= 11 is 0. The molecule has 0 saturated heterocycles. The molecule has 0 aromatic carbocycles. The van der Waals surface area contributed by atoms with Gasteiger partial charge in [-0.15, -0.1) is 28.9 Å². The molecule has 0 bridgehead atoms. The molecule has 0 nitrogen and oxygen atoms in total. The van der Waals surface area contributed by atoms with Crippen LogP contribution in [0.25, 0.3) is 0 Å². The third-order valence-corrected chi connectivity index (χ3v) is 1.30. The van der Waals surface area contributed by atoms with Crippen LogP contribution in [-0.4, -0.2) is 31.1 Å². The van der Waals surface area contributed by atoms with Gasteiger partial charge in [-0.2, -0.15) is 0 Å². The molecule has 0 amide bonds. The number of halogens is 1. The van der Waals surface area contributed by atoms with Crippen molar-refractivity contribution in [1.29, 1.82) is 0 Å². The van der Waals surface area contributed by atoms with E-state index < -0.39 is 8.07 Å². The molecule has 0 saturated carbocycles. The molecule has 3 heteroatoms. The second kappa shape index (κ2) is 6.15. The van der Waals surface area contributed by atoms with Gasteiger partial charge in [0.1, 0.15) is 8.07 Å². The zero-order valence-corrected chi connectivity index (χ0v) is 9.82. The molecule has 0 N–H and O–H groups in total. The molecular formula is C5H13BrMgSi. The van der Waals surface area contributed by atoms with E-state index in [0.29, 0.717) is 0 Å². The van der Waals surface area contributed by atoms with Crippen LogP contribution >= 0.6 is 17.0 Å². The summed E-state index contributed by atoms with van der Waals surface area (Å²) in [5.41, 5.74) is 2.74. The van der Waals surface area contributed by atoms with Crippen LogP contribution in [0.1, 0.15) is 2.85 Å². The summed E-state index contributed by atoms with van der Waals surface area (Å²) in [5, 5.41) is 0. The summed E-state index contributed by atoms with van der Waals surface area (Å²) in [6.45, 7) is 6.44. The maximum Gasteiger partial charge on any atom is 2.00 e. The smallest absolute Gasteiger partial charge is 1.00 e. The fraction of sp³-hybridized carbons (Fsp3) is 0.600. The molecule has 0 aromatic heterocycles. The quantitative estimate of drug-likeness (QED) is 0.419. The number of rotatable bonds is 0. The minimum Gasteiger partial charge on any atom is -1.00 e. The predicted octanol–water partition coefficient (Wildman–Crippen LogP) is 1.92. The standard InChI is InChI=1S/C5H10Si.BrH.Mg.2H/c1-5-6(2,3)4;;;;/h1H,2-4H3;1H;;;/q;;+2;2*-1. The molecule has 0 aliphatic carbocycles. The Bertz CT molecular complexity index is 86.6. The maximum atomic E-state index is 5.12. The molecule has 0 heterocycles. The van der Waals surface area contributed by atoms with E-state index in [1.165, 1.54) is 0 Å². The van der Waals surface area contributed by atoms with E-state index >= 15 is 0 Å². The normalized spacial score (nSPS) is 7.75. The number of terminal acetylenes is 1. The van der Waals surface area contributed by atoms with Crippen LogP contribution in [0.2, 0.25) is 19.6 Å². The maximum absolute atomic E-state index is 5.12. The molecule has 0 aromatic rings. The predicted molar refractivity (Wildman–Crippen MR) is 50.5 cm³/mol. The van der Waals surface area contributed by atoms with Crippen molar-refractivity contribution >= 4 is 48.1 Å². The summed E-state index contributed by atoms with van der Waals surface area (Å²) in [7, 11) is -1.10. The van der Waals surface area contributed by atoms with Crippen molar-refractivity contribution in [3.8, 4) is 12.0 Å². The largest absolute Gasteiger partial charge is 2.00 e. The first kappa shape index (κ1) is 16.0. The first-order chi connectivity index (χ1) is 2.56. The van der Waals surface area contributed by atoms with Crippen LogP contribution in [0, 0.1) is 12.0 Å². The third-order valence-electron chi connectivity index (χ3n) is 0.433. The second-order valence-corrected chi connectivity index (χ2v) is 7.18. The number of hydrogen-bond acceptors (Lipinski definition) is 0. The van der Waals surface area contributed by atoms with Crippen molar-refractivity contribution in [3.63, 3.8) is 0 Å². The number of hydrogen-bond donors (Lipinski definition) is 0. The first-order valence-corrected chi connectivity index (χ1v) is 5.54. The van der Waals surface area contributed by atoms with Crippen LogP contribution in [0.3, 0.4) is 0 Å². The molecule has 0 aliphatic rings. The van der Waals surface area contributed by atoms with Gasteiger partial charge in [-0.25, -0.2) is 0 Å². The molecule has 0 rings (SSSR count). The summed E-state index contributed by atoms with van der Waals surface area (Å²) in [5.74, 6) is 0. The van der Waals surface area contributed by atoms with Crippen molar-refractivity contribution in [2.75, 3.05) is 0 Å². The van der Waals surface area contributed by atoms with Gasteiger partial charge in [-0.05, 0) is 0 Å². The Hall–Kier alpha value is 1.02. The topological polar surface area (TPSA) is 0 Å². The summed E-state index contributed by atoms with van der Waals surface area (Å²) in [6, 6.07) is 0. The van der Waals surface area contributed by atoms with E-state index in [-0.39, 0.29) is 42.9 Å². The van der Waals surface area contributed by atoms with Gasteiger partial charge in [0.15, 0.2) is 0 Å². The van der Waals surface area contributed by atoms with E-state index in [1.54, 1.807) is 0 Å². The molecule has 0 spiro atoms. The molecule has 8 heavy (non-hydrogen) atoms. The monoisotopic (exact) mass is 204 g/mol. The van der Waals surface area contributed by atoms with Crippen molar-refractivity contribution in [2.24, 2.45) is 0 Å². The fourth-order valence-corrected chi connectivity index (χ4v) is 0. The van der Waals surface area contributed by atoms with E-state index in [1.807, 2.05) is 0 Å². The Morgan fingerprint density at radius 3 is 1.50 bits per heavy atom. The molecule has 46 valence electrons. The van der Waals surface area contributed by atoms with Crippen molar-refractivity contribution in [1.82, 2.24) is 0 Å². The molecule has 0 aliphatic heterocycles. The van der Waals surface area contributed by atoms with E-state index in [9.17, 15) is 0 Å². The van der Waals surface area contributed by atoms with Crippen LogP contribution in [-0.2, 0) is 0 Å². The van der Waals surface area contributed by atoms with Crippen molar-refractivity contribution in [3.05, 3.63) is 0 Å². The zero-order chi connectivity index (χ0) is 5.21. The van der Waals surface area contributed by atoms with Crippen LogP contribution in [0.4, 0.5) is 0 Å². The van der Waals surface area contributed by atoms with Gasteiger partial charge in [0, 0.05) is 0 Å². The Morgan fingerprint density at radius 2 is 1.50 bits per heavy atom. The SMILES string of the molecule is Br.C#C[Si](C)(C)C.[H-].[H-].[Mg+2]. The molecule has 0 atom stereocenters. The van der Waals surface area contributed by atoms with Crippen LogP contribution in [0.5, 0.6) is 0 Å². The molecular weight excluding hydrogens is 192 g/mol. The van der Waals surface area contributed by atoms with Gasteiger partial charge < -0.3 is 2.85 Å². The van der Waals surface area contributed by atoms with Crippen molar-refractivity contribution in [2.45, 2.75) is 19.6 Å². The first-order valence-electron chi connectivity index (χ1n) is 2.04. The Morgan fingerprint density at radius 1 is 1.38 bits per heavy atom. The van der Waals surface area contributed by atoms with E-state index in [4.69, 9.17) is 6.42 Å². The van der Waals surface area contributed by atoms with Crippen LogP contribution in [0.15, 0.2) is 0 Å². The molecule has 0 unspecified atom stereocenters. The summed E-state index contributed by atoms with van der Waals surface area (Å²) < 4.78 is 0. The average molecular weight is 205 g/mol. The third kappa shape index (κ3) is 15.7. The Labute approximate surface area is 82.3 Å². The van der Waals surface area contributed by atoms with Gasteiger partial charge in [-0.1, -0.05) is 19.6 Å². The van der Waals surface area contributed by atoms with E-state index in [0.717, 1.165) is 0 Å². The van der Waals surface area contributed by atoms with E-state index in [2.05, 4.69) is 25.2 Å². The van der Waals surface area contributed by atoms with Gasteiger partial charge >= 0.3 is 23.1 Å². The average Bonchev–Trinajstić information content (AvgIpc) is 1.35.